The average molecular weight is 357 g/mol. The van der Waals surface area contributed by atoms with E-state index in [-0.39, 0.29) is 29.1 Å². The Balaban J connectivity index is 1.51. The Morgan fingerprint density at radius 2 is 2.00 bits per heavy atom. The van der Waals surface area contributed by atoms with Gasteiger partial charge in [0, 0.05) is 24.7 Å². The van der Waals surface area contributed by atoms with Crippen molar-refractivity contribution in [2.45, 2.75) is 55.2 Å². The number of aliphatic carboxylic acids is 1. The maximum Gasteiger partial charge on any atom is 0.327 e. The maximum atomic E-state index is 12.2. The first-order valence-corrected chi connectivity index (χ1v) is 10.1. The predicted octanol–water partition coefficient (Wildman–Crippen LogP) is 1.13. The molecule has 2 N–H and O–H groups in total. The Kier molecular flexibility index (Phi) is 5.42. The molecule has 0 aromatic carbocycles. The fourth-order valence-electron chi connectivity index (χ4n) is 4.51. The number of carbonyl (C=O) groups is 2. The number of rotatable bonds is 8. The van der Waals surface area contributed by atoms with Crippen LogP contribution in [0, 0.1) is 5.92 Å². The van der Waals surface area contributed by atoms with Gasteiger partial charge in [-0.05, 0) is 25.7 Å². The molecular weight excluding hydrogens is 328 g/mol. The van der Waals surface area contributed by atoms with Crippen molar-refractivity contribution in [2.75, 3.05) is 33.3 Å². The second-order valence-corrected chi connectivity index (χ2v) is 9.07. The molecule has 3 rings (SSSR count). The summed E-state index contributed by atoms with van der Waals surface area (Å²) in [7, 11) is 2.32. The summed E-state index contributed by atoms with van der Waals surface area (Å²) in [6, 6.07) is -0.681. The number of aliphatic hydroxyl groups excluding tert-OH is 1. The Hall–Kier alpha value is -0.790. The number of unbranched alkanes of at least 4 members (excludes halogenated alkanes) is 1. The number of carbonyl (C=O) groups excluding carboxylic acids is 1. The van der Waals surface area contributed by atoms with Crippen molar-refractivity contribution in [1.29, 1.82) is 0 Å². The fraction of sp³-hybridized carbons (Fsp3) is 0.882. The van der Waals surface area contributed by atoms with E-state index in [4.69, 9.17) is 5.11 Å². The molecule has 7 heteroatoms. The summed E-state index contributed by atoms with van der Waals surface area (Å²) in [5.74, 6) is -1.17. The largest absolute Gasteiger partial charge is 0.480 e. The zero-order chi connectivity index (χ0) is 17.3. The van der Waals surface area contributed by atoms with E-state index >= 15 is 0 Å². The number of fused-ring (bicyclic) bond motifs is 1. The quantitative estimate of drug-likeness (QED) is 0.387. The summed E-state index contributed by atoms with van der Waals surface area (Å²) in [6.45, 7) is 3.70. The van der Waals surface area contributed by atoms with Gasteiger partial charge in [0.05, 0.1) is 38.0 Å². The van der Waals surface area contributed by atoms with E-state index < -0.39 is 12.0 Å². The van der Waals surface area contributed by atoms with Crippen molar-refractivity contribution < 1.29 is 24.3 Å². The molecule has 1 amide bonds. The van der Waals surface area contributed by atoms with Gasteiger partial charge in [-0.2, -0.15) is 0 Å². The van der Waals surface area contributed by atoms with Gasteiger partial charge in [0.15, 0.2) is 0 Å². The number of hydrogen-bond acceptors (Lipinski definition) is 4. The van der Waals surface area contributed by atoms with Gasteiger partial charge < -0.3 is 19.6 Å². The maximum absolute atomic E-state index is 12.2. The number of likely N-dealkylation sites (tertiary alicyclic amines) is 1. The molecule has 3 aliphatic heterocycles. The third-order valence-electron chi connectivity index (χ3n) is 5.93. The van der Waals surface area contributed by atoms with Crippen LogP contribution >= 0.6 is 11.8 Å². The van der Waals surface area contributed by atoms with Gasteiger partial charge in [-0.3, -0.25) is 4.79 Å². The highest BCUT2D eigenvalue weighted by molar-refractivity contribution is 8.01. The zero-order valence-electron chi connectivity index (χ0n) is 14.4. The summed E-state index contributed by atoms with van der Waals surface area (Å²) >= 11 is 1.64. The van der Waals surface area contributed by atoms with E-state index in [9.17, 15) is 14.7 Å². The average Bonchev–Trinajstić information content (AvgIpc) is 3.12. The van der Waals surface area contributed by atoms with Crippen molar-refractivity contribution in [2.24, 2.45) is 5.92 Å². The van der Waals surface area contributed by atoms with E-state index in [1.807, 2.05) is 0 Å². The molecule has 0 aromatic heterocycles. The van der Waals surface area contributed by atoms with E-state index in [1.54, 1.807) is 16.7 Å². The lowest BCUT2D eigenvalue weighted by atomic mass is 9.91. The number of thioether (sulfide) groups is 1. The monoisotopic (exact) mass is 357 g/mol. The molecule has 136 valence electrons. The highest BCUT2D eigenvalue weighted by atomic mass is 32.2. The number of aliphatic hydroxyl groups is 1. The second-order valence-electron chi connectivity index (χ2n) is 7.71. The third kappa shape index (κ3) is 3.30. The van der Waals surface area contributed by atoms with Crippen LogP contribution in [0.1, 0.15) is 38.5 Å². The van der Waals surface area contributed by atoms with Crippen molar-refractivity contribution in [1.82, 2.24) is 4.90 Å². The van der Waals surface area contributed by atoms with Crippen LogP contribution in [0.15, 0.2) is 0 Å². The lowest BCUT2D eigenvalue weighted by molar-refractivity contribution is -0.897. The molecule has 3 heterocycles. The first-order valence-electron chi connectivity index (χ1n) is 9.12. The van der Waals surface area contributed by atoms with E-state index in [0.717, 1.165) is 23.7 Å². The third-order valence-corrected chi connectivity index (χ3v) is 7.61. The summed E-state index contributed by atoms with van der Waals surface area (Å²) in [5, 5.41) is 18.6. The number of β-lactam (4-membered cyclic amide) rings is 1. The molecule has 2 unspecified atom stereocenters. The smallest absolute Gasteiger partial charge is 0.327 e. The van der Waals surface area contributed by atoms with Crippen LogP contribution in [0.25, 0.3) is 0 Å². The second kappa shape index (κ2) is 7.22. The van der Waals surface area contributed by atoms with Crippen LogP contribution in [0.3, 0.4) is 0 Å². The van der Waals surface area contributed by atoms with E-state index in [2.05, 4.69) is 7.05 Å². The molecule has 3 saturated heterocycles. The molecule has 0 spiro atoms. The molecule has 0 aliphatic carbocycles. The van der Waals surface area contributed by atoms with Gasteiger partial charge in [0.25, 0.3) is 0 Å². The van der Waals surface area contributed by atoms with Crippen molar-refractivity contribution in [3.63, 3.8) is 0 Å². The SMILES string of the molecule is C[N+]1(CCCCC2S[C@@H]3[C@@H](CCO)C(=O)N3C2C(=O)O)CCCC1. The van der Waals surface area contributed by atoms with Gasteiger partial charge in [-0.15, -0.1) is 11.8 Å². The summed E-state index contributed by atoms with van der Waals surface area (Å²) in [6.07, 6.45) is 6.09. The summed E-state index contributed by atoms with van der Waals surface area (Å²) in [5.41, 5.74) is 0. The predicted molar refractivity (Wildman–Crippen MR) is 92.5 cm³/mol. The zero-order valence-corrected chi connectivity index (χ0v) is 15.2. The van der Waals surface area contributed by atoms with Crippen LogP contribution in [-0.4, -0.2) is 81.4 Å². The summed E-state index contributed by atoms with van der Waals surface area (Å²) < 4.78 is 1.16. The normalized spacial score (nSPS) is 34.2. The molecule has 0 saturated carbocycles. The van der Waals surface area contributed by atoms with Crippen molar-refractivity contribution in [3.05, 3.63) is 0 Å². The van der Waals surface area contributed by atoms with Crippen LogP contribution in [0.4, 0.5) is 0 Å². The fourth-order valence-corrected chi connectivity index (χ4v) is 6.38. The molecule has 0 aromatic rings. The Bertz CT molecular complexity index is 495. The Morgan fingerprint density at radius 1 is 1.29 bits per heavy atom. The molecule has 0 radical (unpaired) electrons. The van der Waals surface area contributed by atoms with Crippen LogP contribution in [-0.2, 0) is 9.59 Å². The first kappa shape index (κ1) is 18.0. The molecular formula is C17H29N2O4S+. The van der Waals surface area contributed by atoms with Gasteiger partial charge >= 0.3 is 5.97 Å². The number of carboxylic acids is 1. The molecule has 3 aliphatic rings. The van der Waals surface area contributed by atoms with Crippen molar-refractivity contribution >= 4 is 23.6 Å². The number of carboxylic acid groups (broad SMARTS) is 1. The van der Waals surface area contributed by atoms with E-state index in [0.29, 0.717) is 6.42 Å². The van der Waals surface area contributed by atoms with Crippen LogP contribution < -0.4 is 0 Å². The first-order chi connectivity index (χ1) is 11.5. The molecule has 6 nitrogen and oxygen atoms in total. The summed E-state index contributed by atoms with van der Waals surface area (Å²) in [4.78, 5) is 25.4. The highest BCUT2D eigenvalue weighted by Gasteiger charge is 2.59. The molecule has 3 fully saturated rings. The van der Waals surface area contributed by atoms with Gasteiger partial charge in [-0.25, -0.2) is 4.79 Å². The topological polar surface area (TPSA) is 77.8 Å². The highest BCUT2D eigenvalue weighted by Crippen LogP contribution is 2.50. The molecule has 24 heavy (non-hydrogen) atoms. The number of quaternary nitrogens is 1. The van der Waals surface area contributed by atoms with Crippen LogP contribution in [0.2, 0.25) is 0 Å². The minimum atomic E-state index is -0.885. The van der Waals surface area contributed by atoms with Crippen molar-refractivity contribution in [3.8, 4) is 0 Å². The standard InChI is InChI=1S/C17H28N2O4S/c1-19(9-4-5-10-19)8-3-2-6-13-14(17(22)23)18-15(21)12(7-11-20)16(18)24-13/h12-14,16,20H,2-11H2,1H3/p+1/t12-,13?,14?,16+/m0/s1. The number of hydrogen-bond donors (Lipinski definition) is 2. The number of amides is 1. The Labute approximate surface area is 147 Å². The molecule has 4 atom stereocenters. The minimum Gasteiger partial charge on any atom is -0.480 e. The van der Waals surface area contributed by atoms with Gasteiger partial charge in [-0.1, -0.05) is 0 Å². The lowest BCUT2D eigenvalue weighted by Gasteiger charge is -2.43. The van der Waals surface area contributed by atoms with E-state index in [1.165, 1.54) is 32.5 Å². The minimum absolute atomic E-state index is 0.0102. The Morgan fingerprint density at radius 3 is 2.62 bits per heavy atom. The number of nitrogens with zero attached hydrogens (tertiary/aromatic N) is 2. The van der Waals surface area contributed by atoms with Crippen LogP contribution in [0.5, 0.6) is 0 Å². The van der Waals surface area contributed by atoms with Gasteiger partial charge in [0.2, 0.25) is 5.91 Å². The van der Waals surface area contributed by atoms with Gasteiger partial charge in [0.1, 0.15) is 6.04 Å². The lowest BCUT2D eigenvalue weighted by Crippen LogP contribution is -2.61. The molecule has 0 bridgehead atoms.